The van der Waals surface area contributed by atoms with Gasteiger partial charge in [0.25, 0.3) is 5.91 Å². The average molecular weight is 1300 g/mol. The van der Waals surface area contributed by atoms with E-state index in [9.17, 15) is 28.4 Å². The van der Waals surface area contributed by atoms with Gasteiger partial charge in [-0.2, -0.15) is 9.57 Å². The van der Waals surface area contributed by atoms with E-state index in [1.54, 1.807) is 36.4 Å². The van der Waals surface area contributed by atoms with Crippen LogP contribution in [0, 0.1) is 17.2 Å². The Labute approximate surface area is 542 Å². The van der Waals surface area contributed by atoms with Crippen molar-refractivity contribution in [2.24, 2.45) is 21.6 Å². The highest BCUT2D eigenvalue weighted by atomic mass is 32.2. The number of carbonyl (C=O) groups excluding carboxylic acids is 2. The zero-order valence-electron chi connectivity index (χ0n) is 53.8. The number of amides is 1. The van der Waals surface area contributed by atoms with Gasteiger partial charge in [0.15, 0.2) is 5.96 Å². The van der Waals surface area contributed by atoms with Crippen LogP contribution in [-0.2, 0) is 84.8 Å². The number of esters is 1. The fourth-order valence-electron chi connectivity index (χ4n) is 9.21. The molecule has 92 heavy (non-hydrogen) atoms. The summed E-state index contributed by atoms with van der Waals surface area (Å²) < 4.78 is 88.8. The topological polar surface area (TPSA) is 295 Å². The van der Waals surface area contributed by atoms with E-state index in [0.29, 0.717) is 198 Å². The minimum atomic E-state index is -3.71. The van der Waals surface area contributed by atoms with Crippen molar-refractivity contribution in [3.63, 3.8) is 0 Å². The molecule has 0 bridgehead atoms. The number of guanidine groups is 1. The highest BCUT2D eigenvalue weighted by Crippen LogP contribution is 2.34. The molecule has 0 aliphatic carbocycles. The van der Waals surface area contributed by atoms with Gasteiger partial charge in [0.05, 0.1) is 167 Å². The van der Waals surface area contributed by atoms with Crippen LogP contribution in [0.4, 0.5) is 11.4 Å². The number of nitrogens with one attached hydrogen (secondary N) is 2. The van der Waals surface area contributed by atoms with Gasteiger partial charge in [-0.15, -0.1) is 0 Å². The summed E-state index contributed by atoms with van der Waals surface area (Å²) in [6.45, 7) is 18.3. The van der Waals surface area contributed by atoms with Gasteiger partial charge in [0, 0.05) is 68.5 Å². The number of carbonyl (C=O) groups is 2. The van der Waals surface area contributed by atoms with Crippen LogP contribution in [0.15, 0.2) is 111 Å². The number of hydrogen-bond acceptors (Lipinski definition) is 20. The Morgan fingerprint density at radius 1 is 0.707 bits per heavy atom. The highest BCUT2D eigenvalue weighted by molar-refractivity contribution is 7.89. The number of rotatable bonds is 45. The van der Waals surface area contributed by atoms with Gasteiger partial charge >= 0.3 is 5.97 Å². The highest BCUT2D eigenvalue weighted by Gasteiger charge is 2.36. The third-order valence-electron chi connectivity index (χ3n) is 13.9. The average Bonchev–Trinajstić information content (AvgIpc) is 0.941. The number of hydrogen-bond donors (Lipinski definition) is 4. The van der Waals surface area contributed by atoms with Crippen LogP contribution in [0.1, 0.15) is 69.2 Å². The first-order valence-electron chi connectivity index (χ1n) is 31.4. The molecule has 0 radical (unpaired) electrons. The summed E-state index contributed by atoms with van der Waals surface area (Å²) in [5, 5.41) is 25.5. The molecule has 25 heteroatoms. The maximum Gasteiger partial charge on any atom is 0.308 e. The summed E-state index contributed by atoms with van der Waals surface area (Å²) >= 11 is 0. The smallest absolute Gasteiger partial charge is 0.308 e. The van der Waals surface area contributed by atoms with E-state index in [1.807, 2.05) is 93.3 Å². The number of sulfonamides is 1. The van der Waals surface area contributed by atoms with Crippen LogP contribution in [-0.4, -0.2) is 217 Å². The van der Waals surface area contributed by atoms with Gasteiger partial charge < -0.3 is 78.5 Å². The van der Waals surface area contributed by atoms with Crippen LogP contribution in [0.25, 0.3) is 17.2 Å². The van der Waals surface area contributed by atoms with Crippen LogP contribution >= 0.6 is 0 Å². The van der Waals surface area contributed by atoms with Crippen LogP contribution in [0.3, 0.4) is 0 Å². The first kappa shape index (κ1) is 74.3. The van der Waals surface area contributed by atoms with E-state index in [4.69, 9.17) is 62.8 Å². The Morgan fingerprint density at radius 2 is 1.24 bits per heavy atom. The predicted octanol–water partition coefficient (Wildman–Crippen LogP) is 6.51. The molecule has 6 rings (SSSR count). The third-order valence-corrected chi connectivity index (χ3v) is 15.7. The minimum absolute atomic E-state index is 0.0483. The summed E-state index contributed by atoms with van der Waals surface area (Å²) in [6.07, 6.45) is 2.96. The van der Waals surface area contributed by atoms with Crippen molar-refractivity contribution in [3.05, 3.63) is 119 Å². The van der Waals surface area contributed by atoms with E-state index in [2.05, 4.69) is 21.7 Å². The van der Waals surface area contributed by atoms with Gasteiger partial charge in [0.2, 0.25) is 10.0 Å². The van der Waals surface area contributed by atoms with Crippen molar-refractivity contribution < 1.29 is 75.2 Å². The number of nitriles is 1. The number of nitrogens with zero attached hydrogens (tertiary/aromatic N) is 5. The summed E-state index contributed by atoms with van der Waals surface area (Å²) in [4.78, 5) is 37.5. The van der Waals surface area contributed by atoms with Crippen LogP contribution in [0.2, 0.25) is 0 Å². The van der Waals surface area contributed by atoms with Gasteiger partial charge in [-0.05, 0) is 91.9 Å². The van der Waals surface area contributed by atoms with Gasteiger partial charge in [-0.1, -0.05) is 61.5 Å². The fourth-order valence-corrected chi connectivity index (χ4v) is 10.8. The number of aliphatic hydroxyl groups excluding tert-OH is 1. The number of benzene rings is 4. The van der Waals surface area contributed by atoms with Crippen molar-refractivity contribution in [1.82, 2.24) is 14.5 Å². The van der Waals surface area contributed by atoms with E-state index in [1.165, 1.54) is 4.31 Å². The largest absolute Gasteiger partial charge is 0.460 e. The fraction of sp³-hybridized carbons (Fsp3) is 0.537. The molecule has 2 heterocycles. The second kappa shape index (κ2) is 41.8. The molecule has 504 valence electrons. The molecule has 0 aromatic heterocycles. The van der Waals surface area contributed by atoms with E-state index >= 15 is 0 Å². The molecule has 2 aliphatic rings. The Bertz CT molecular complexity index is 3090. The Hall–Kier alpha value is -6.74. The summed E-state index contributed by atoms with van der Waals surface area (Å²) in [5.74, 6) is 0.326. The number of amidine groups is 1. The number of anilines is 1. The number of aliphatic imine (C=N–C) groups is 2. The van der Waals surface area contributed by atoms with Crippen molar-refractivity contribution >= 4 is 51.1 Å². The number of aliphatic hydroxyl groups is 1. The van der Waals surface area contributed by atoms with Gasteiger partial charge in [-0.3, -0.25) is 9.59 Å². The molecule has 0 spiro atoms. The van der Waals surface area contributed by atoms with Crippen molar-refractivity contribution in [3.8, 4) is 17.2 Å². The molecule has 4 aromatic rings. The van der Waals surface area contributed by atoms with Crippen molar-refractivity contribution in [2.45, 2.75) is 70.5 Å². The molecular weight excluding hydrogens is 1200 g/mol. The summed E-state index contributed by atoms with van der Waals surface area (Å²) in [6, 6.07) is 29.7. The monoisotopic (exact) mass is 1300 g/mol. The number of nitrogens with two attached hydrogens (primary N) is 1. The molecule has 0 atom stereocenters. The lowest BCUT2D eigenvalue weighted by Gasteiger charge is -2.36. The van der Waals surface area contributed by atoms with Gasteiger partial charge in [-0.25, -0.2) is 18.4 Å². The second-order valence-corrected chi connectivity index (χ2v) is 24.5. The molecule has 1 saturated heterocycles. The molecule has 1 fully saturated rings. The maximum absolute atomic E-state index is 14.3. The van der Waals surface area contributed by atoms with E-state index < -0.39 is 15.6 Å². The molecule has 0 saturated carbocycles. The Morgan fingerprint density at radius 3 is 1.78 bits per heavy atom. The molecule has 4 aromatic carbocycles. The molecule has 2 aliphatic heterocycles. The zero-order valence-corrected chi connectivity index (χ0v) is 54.6. The first-order chi connectivity index (χ1) is 44.6. The lowest BCUT2D eigenvalue weighted by atomic mass is 10.0. The SMILES string of the molecule is CCCN(Cc1ccc(CN=C(NCCOCCOCCOCCOCCOCCOCCOCCOCCOCCOCCC(=O)OC(C)(C)C)Nc2cccc(C#N)c2)cc1)C(=O)C1=Cc2ccc(-c3cccc(S(=O)(=O)N4CC(CO)C4)c3)cc2N=C(N)C1. The predicted molar refractivity (Wildman–Crippen MR) is 350 cm³/mol. The van der Waals surface area contributed by atoms with Crippen molar-refractivity contribution in [1.29, 1.82) is 5.26 Å². The molecular formula is C67H94N8O16S. The third kappa shape index (κ3) is 28.2. The minimum Gasteiger partial charge on any atom is -0.460 e. The maximum atomic E-state index is 14.3. The van der Waals surface area contributed by atoms with E-state index in [-0.39, 0.29) is 55.2 Å². The summed E-state index contributed by atoms with van der Waals surface area (Å²) in [5.41, 5.74) is 12.3. The molecule has 24 nitrogen and oxygen atoms in total. The van der Waals surface area contributed by atoms with Crippen molar-refractivity contribution in [2.75, 3.05) is 170 Å². The number of fused-ring (bicyclic) bond motifs is 1. The van der Waals surface area contributed by atoms with Crippen LogP contribution < -0.4 is 16.4 Å². The molecule has 1 amide bonds. The Balaban J connectivity index is 0.800. The Kier molecular flexibility index (Phi) is 33.7. The first-order valence-corrected chi connectivity index (χ1v) is 32.9. The quantitative estimate of drug-likeness (QED) is 0.0159. The summed E-state index contributed by atoms with van der Waals surface area (Å²) in [7, 11) is -3.71. The number of ether oxygens (including phenoxy) is 11. The van der Waals surface area contributed by atoms with E-state index in [0.717, 1.165) is 28.7 Å². The standard InChI is InChI=1S/C67H94N8O16S/c1-5-20-74(65(78)59-42-58-17-16-57(44-62(58)73-63(69)45-59)56-9-7-11-61(43-56)92(79,80)75-49-55(50-75)51-76)48-53-14-12-52(13-15-53)47-71-66(72-60-10-6-8-54(41-60)46-68)70-19-22-82-24-26-84-28-30-86-32-34-88-36-38-90-40-39-89-37-35-87-33-31-85-29-27-83-25-23-81-21-18-64(77)91-67(2,3)4/h6-17,41-44,55,76H,5,18-40,45,47-51H2,1-4H3,(H2,69,73)(H2,70,71,72). The van der Waals surface area contributed by atoms with Gasteiger partial charge in [0.1, 0.15) is 11.4 Å². The second-order valence-electron chi connectivity index (χ2n) is 22.5. The molecule has 0 unspecified atom stereocenters. The van der Waals surface area contributed by atoms with Crippen LogP contribution in [0.5, 0.6) is 0 Å². The lowest BCUT2D eigenvalue weighted by Crippen LogP contribution is -2.51. The lowest BCUT2D eigenvalue weighted by molar-refractivity contribution is -0.156. The molecule has 5 N–H and O–H groups in total. The normalized spacial score (nSPS) is 13.8. The zero-order chi connectivity index (χ0) is 65.7.